The Kier molecular flexibility index (Phi) is 3.46. The summed E-state index contributed by atoms with van der Waals surface area (Å²) in [5.74, 6) is 0.572. The van der Waals surface area contributed by atoms with Crippen LogP contribution in [0.2, 0.25) is 0 Å². The molecule has 126 valence electrons. The molecule has 0 bridgehead atoms. The summed E-state index contributed by atoms with van der Waals surface area (Å²) in [5, 5.41) is 10.6. The lowest BCUT2D eigenvalue weighted by Crippen LogP contribution is -2.19. The molecule has 25 heavy (non-hydrogen) atoms. The largest absolute Gasteiger partial charge is 0.493 e. The van der Waals surface area contributed by atoms with E-state index < -0.39 is 0 Å². The third-order valence-electron chi connectivity index (χ3n) is 3.98. The van der Waals surface area contributed by atoms with Crippen molar-refractivity contribution in [1.82, 2.24) is 14.0 Å². The summed E-state index contributed by atoms with van der Waals surface area (Å²) in [6, 6.07) is 14.4. The number of ether oxygens (including phenoxy) is 1. The number of nitrogens with zero attached hydrogens (tertiary/aromatic N) is 3. The molecule has 4 aromatic rings. The molecule has 2 aromatic heterocycles. The quantitative estimate of drug-likeness (QED) is 0.624. The second kappa shape index (κ2) is 5.66. The zero-order valence-corrected chi connectivity index (χ0v) is 13.9. The number of aromatic hydroxyl groups is 1. The number of rotatable bonds is 3. The molecule has 0 amide bonds. The summed E-state index contributed by atoms with van der Waals surface area (Å²) >= 11 is 0. The van der Waals surface area contributed by atoms with Gasteiger partial charge in [0.15, 0.2) is 0 Å². The summed E-state index contributed by atoms with van der Waals surface area (Å²) in [7, 11) is 0. The van der Waals surface area contributed by atoms with Crippen molar-refractivity contribution in [1.29, 1.82) is 0 Å². The predicted octanol–water partition coefficient (Wildman–Crippen LogP) is 3.13. The van der Waals surface area contributed by atoms with Crippen LogP contribution < -0.4 is 10.4 Å². The van der Waals surface area contributed by atoms with Crippen molar-refractivity contribution >= 4 is 16.6 Å². The van der Waals surface area contributed by atoms with Crippen molar-refractivity contribution in [3.63, 3.8) is 0 Å². The zero-order valence-electron chi connectivity index (χ0n) is 13.9. The summed E-state index contributed by atoms with van der Waals surface area (Å²) in [6.45, 7) is 3.89. The van der Waals surface area contributed by atoms with Crippen molar-refractivity contribution in [2.45, 2.75) is 20.0 Å². The summed E-state index contributed by atoms with van der Waals surface area (Å²) < 4.78 is 8.35. The Balaban J connectivity index is 1.93. The van der Waals surface area contributed by atoms with Gasteiger partial charge in [-0.15, -0.1) is 0 Å². The highest BCUT2D eigenvalue weighted by Crippen LogP contribution is 2.25. The topological polar surface area (TPSA) is 68.8 Å². The lowest BCUT2D eigenvalue weighted by Gasteiger charge is -2.10. The number of hydrogen-bond acceptors (Lipinski definition) is 4. The van der Waals surface area contributed by atoms with Crippen molar-refractivity contribution in [2.24, 2.45) is 0 Å². The molecule has 0 aliphatic heterocycles. The van der Waals surface area contributed by atoms with E-state index in [1.54, 1.807) is 30.3 Å². The highest BCUT2D eigenvalue weighted by molar-refractivity contribution is 5.79. The first-order valence-corrected chi connectivity index (χ1v) is 8.03. The highest BCUT2D eigenvalue weighted by Gasteiger charge is 2.17. The molecule has 6 heteroatoms. The molecule has 2 aromatic carbocycles. The van der Waals surface area contributed by atoms with E-state index in [9.17, 15) is 9.90 Å². The summed E-state index contributed by atoms with van der Waals surface area (Å²) in [4.78, 5) is 17.2. The van der Waals surface area contributed by atoms with Gasteiger partial charge in [-0.2, -0.15) is 0 Å². The highest BCUT2D eigenvalue weighted by atomic mass is 16.5. The molecule has 0 atom stereocenters. The molecule has 0 spiro atoms. The van der Waals surface area contributed by atoms with Gasteiger partial charge in [0.1, 0.15) is 11.3 Å². The van der Waals surface area contributed by atoms with Crippen LogP contribution in [0.25, 0.3) is 22.2 Å². The molecule has 0 aliphatic carbocycles. The molecule has 4 rings (SSSR count). The van der Waals surface area contributed by atoms with Gasteiger partial charge in [-0.1, -0.05) is 12.1 Å². The molecule has 6 nitrogen and oxygen atoms in total. The van der Waals surface area contributed by atoms with Gasteiger partial charge < -0.3 is 9.84 Å². The Morgan fingerprint density at radius 2 is 1.76 bits per heavy atom. The van der Waals surface area contributed by atoms with Gasteiger partial charge in [-0.3, -0.25) is 9.38 Å². The minimum Gasteiger partial charge on any atom is -0.493 e. The number of para-hydroxylation sites is 2. The minimum absolute atomic E-state index is 0.0662. The van der Waals surface area contributed by atoms with E-state index in [1.165, 1.54) is 15.2 Å². The molecule has 1 N–H and O–H groups in total. The smallest absolute Gasteiger partial charge is 0.340 e. The first-order valence-electron chi connectivity index (χ1n) is 8.03. The third kappa shape index (κ3) is 2.42. The van der Waals surface area contributed by atoms with Gasteiger partial charge in [0.2, 0.25) is 5.88 Å². The maximum absolute atomic E-state index is 12.9. The fourth-order valence-electron chi connectivity index (χ4n) is 2.93. The van der Waals surface area contributed by atoms with E-state index in [2.05, 4.69) is 4.98 Å². The Morgan fingerprint density at radius 3 is 2.48 bits per heavy atom. The molecular formula is C19H17N3O3. The van der Waals surface area contributed by atoms with E-state index >= 15 is 0 Å². The fraction of sp³-hybridized carbons (Fsp3) is 0.158. The molecule has 0 unspecified atom stereocenters. The number of fused-ring (bicyclic) bond motifs is 3. The van der Waals surface area contributed by atoms with Crippen molar-refractivity contribution < 1.29 is 9.84 Å². The van der Waals surface area contributed by atoms with Crippen LogP contribution in [-0.2, 0) is 0 Å². The van der Waals surface area contributed by atoms with Crippen LogP contribution in [0.1, 0.15) is 13.8 Å². The second-order valence-corrected chi connectivity index (χ2v) is 6.07. The fourth-order valence-corrected chi connectivity index (χ4v) is 2.93. The van der Waals surface area contributed by atoms with E-state index in [0.717, 1.165) is 0 Å². The van der Waals surface area contributed by atoms with Gasteiger partial charge in [0.05, 0.1) is 29.0 Å². The van der Waals surface area contributed by atoms with Crippen LogP contribution in [-0.4, -0.2) is 25.2 Å². The minimum atomic E-state index is -0.344. The maximum atomic E-state index is 12.9. The molecular weight excluding hydrogens is 318 g/mol. The van der Waals surface area contributed by atoms with Crippen LogP contribution in [0.4, 0.5) is 0 Å². The van der Waals surface area contributed by atoms with Crippen LogP contribution in [0.15, 0.2) is 59.5 Å². The van der Waals surface area contributed by atoms with E-state index in [4.69, 9.17) is 4.74 Å². The van der Waals surface area contributed by atoms with Gasteiger partial charge in [0, 0.05) is 0 Å². The van der Waals surface area contributed by atoms with E-state index in [1.807, 2.05) is 32.0 Å². The van der Waals surface area contributed by atoms with Gasteiger partial charge in [-0.05, 0) is 50.2 Å². The molecule has 0 aliphatic rings. The maximum Gasteiger partial charge on any atom is 0.340 e. The lowest BCUT2D eigenvalue weighted by atomic mass is 10.3. The van der Waals surface area contributed by atoms with Crippen molar-refractivity contribution in [3.8, 4) is 17.3 Å². The average Bonchev–Trinajstić information content (AvgIpc) is 2.86. The first kappa shape index (κ1) is 15.3. The Hall–Kier alpha value is -3.28. The monoisotopic (exact) mass is 335 g/mol. The third-order valence-corrected chi connectivity index (χ3v) is 3.98. The van der Waals surface area contributed by atoms with Gasteiger partial charge >= 0.3 is 5.69 Å². The molecule has 0 radical (unpaired) electrons. The van der Waals surface area contributed by atoms with E-state index in [0.29, 0.717) is 28.0 Å². The van der Waals surface area contributed by atoms with Crippen molar-refractivity contribution in [2.75, 3.05) is 0 Å². The zero-order chi connectivity index (χ0) is 17.6. The number of benzene rings is 2. The lowest BCUT2D eigenvalue weighted by molar-refractivity contribution is 0.242. The van der Waals surface area contributed by atoms with Gasteiger partial charge in [-0.25, -0.2) is 9.36 Å². The number of imidazole rings is 1. The van der Waals surface area contributed by atoms with Gasteiger partial charge in [0.25, 0.3) is 0 Å². The number of aromatic nitrogens is 3. The summed E-state index contributed by atoms with van der Waals surface area (Å²) in [6.07, 6.45) is 1.57. The normalized spacial score (nSPS) is 11.5. The Morgan fingerprint density at radius 1 is 1.04 bits per heavy atom. The van der Waals surface area contributed by atoms with Crippen molar-refractivity contribution in [3.05, 3.63) is 65.2 Å². The molecule has 2 heterocycles. The van der Waals surface area contributed by atoms with Crippen LogP contribution >= 0.6 is 0 Å². The predicted molar refractivity (Wildman–Crippen MR) is 95.7 cm³/mol. The molecule has 0 fully saturated rings. The van der Waals surface area contributed by atoms with Crippen LogP contribution in [0, 0.1) is 0 Å². The van der Waals surface area contributed by atoms with E-state index in [-0.39, 0.29) is 17.7 Å². The SMILES string of the molecule is CC(C)Oc1ccc(-n2c(O)c3cnc4ccccc4n3c2=O)cc1. The first-order chi connectivity index (χ1) is 12.1. The Labute approximate surface area is 143 Å². The second-order valence-electron chi connectivity index (χ2n) is 6.07. The van der Waals surface area contributed by atoms with Crippen LogP contribution in [0.5, 0.6) is 11.6 Å². The van der Waals surface area contributed by atoms with Crippen LogP contribution in [0.3, 0.4) is 0 Å². The molecule has 0 saturated carbocycles. The number of hydrogen-bond donors (Lipinski definition) is 1. The molecule has 0 saturated heterocycles. The Bertz CT molecular complexity index is 1120. The summed E-state index contributed by atoms with van der Waals surface area (Å²) in [5.41, 5.74) is 1.93. The standard InChI is InChI=1S/C19H17N3O3/c1-12(2)25-14-9-7-13(8-10-14)21-18(23)17-11-20-15-5-3-4-6-16(15)22(17)19(21)24/h3-12,23H,1-2H3. The average molecular weight is 335 g/mol.